The third-order valence-corrected chi connectivity index (χ3v) is 6.12. The van der Waals surface area contributed by atoms with Crippen LogP contribution in [0.15, 0.2) is 35.1 Å². The molecule has 0 fully saturated rings. The summed E-state index contributed by atoms with van der Waals surface area (Å²) in [6.45, 7) is 0.0236. The van der Waals surface area contributed by atoms with E-state index < -0.39 is 0 Å². The number of benzene rings is 1. The quantitative estimate of drug-likeness (QED) is 0.596. The first-order valence-electron chi connectivity index (χ1n) is 9.46. The Bertz CT molecular complexity index is 1050. The van der Waals surface area contributed by atoms with Gasteiger partial charge in [-0.2, -0.15) is 0 Å². The molecule has 0 aliphatic heterocycles. The largest absolute Gasteiger partial charge is 0.497 e. The van der Waals surface area contributed by atoms with Crippen LogP contribution in [0.25, 0.3) is 4.96 Å². The summed E-state index contributed by atoms with van der Waals surface area (Å²) in [5, 5.41) is 0. The second-order valence-electron chi connectivity index (χ2n) is 6.89. The van der Waals surface area contributed by atoms with E-state index in [4.69, 9.17) is 9.47 Å². The number of fused-ring (bicyclic) bond motifs is 3. The summed E-state index contributed by atoms with van der Waals surface area (Å²) in [6.07, 6.45) is 5.08. The van der Waals surface area contributed by atoms with Crippen molar-refractivity contribution in [3.8, 4) is 5.75 Å². The third-order valence-electron chi connectivity index (χ3n) is 4.97. The number of nitrogens with zero attached hydrogens (tertiary/aromatic N) is 2. The van der Waals surface area contributed by atoms with Crippen molar-refractivity contribution >= 4 is 22.3 Å². The minimum atomic E-state index is -0.303. The highest BCUT2D eigenvalue weighted by Crippen LogP contribution is 2.28. The van der Waals surface area contributed by atoms with Gasteiger partial charge in [0.05, 0.1) is 12.8 Å². The molecule has 146 valence electrons. The Hall–Kier alpha value is -2.67. The molecule has 0 spiro atoms. The highest BCUT2D eigenvalue weighted by molar-refractivity contribution is 7.17. The Morgan fingerprint density at radius 1 is 1.21 bits per heavy atom. The first-order valence-corrected chi connectivity index (χ1v) is 10.3. The van der Waals surface area contributed by atoms with Crippen LogP contribution in [0.3, 0.4) is 0 Å². The van der Waals surface area contributed by atoms with Gasteiger partial charge in [-0.15, -0.1) is 11.3 Å². The van der Waals surface area contributed by atoms with E-state index in [9.17, 15) is 9.59 Å². The van der Waals surface area contributed by atoms with E-state index in [-0.39, 0.29) is 24.6 Å². The summed E-state index contributed by atoms with van der Waals surface area (Å²) in [5.41, 5.74) is 2.56. The molecule has 7 heteroatoms. The average Bonchev–Trinajstić information content (AvgIpc) is 3.10. The fourth-order valence-electron chi connectivity index (χ4n) is 3.48. The van der Waals surface area contributed by atoms with Crippen molar-refractivity contribution in [1.82, 2.24) is 9.38 Å². The van der Waals surface area contributed by atoms with E-state index in [2.05, 4.69) is 4.98 Å². The first-order chi connectivity index (χ1) is 13.6. The summed E-state index contributed by atoms with van der Waals surface area (Å²) in [6, 6.07) is 9.08. The van der Waals surface area contributed by atoms with Crippen LogP contribution in [0.4, 0.5) is 0 Å². The lowest BCUT2D eigenvalue weighted by Crippen LogP contribution is -2.18. The molecule has 0 amide bonds. The zero-order valence-electron chi connectivity index (χ0n) is 15.8. The molecule has 3 aromatic rings. The van der Waals surface area contributed by atoms with Crippen LogP contribution in [-0.2, 0) is 35.4 Å². The number of methoxy groups -OCH3 is 1. The van der Waals surface area contributed by atoms with Crippen LogP contribution >= 0.6 is 11.3 Å². The van der Waals surface area contributed by atoms with E-state index in [1.807, 2.05) is 24.3 Å². The molecule has 0 N–H and O–H groups in total. The molecule has 0 bridgehead atoms. The molecule has 1 aliphatic carbocycles. The van der Waals surface area contributed by atoms with E-state index in [0.717, 1.165) is 42.7 Å². The van der Waals surface area contributed by atoms with Crippen LogP contribution in [-0.4, -0.2) is 22.5 Å². The van der Waals surface area contributed by atoms with Gasteiger partial charge in [-0.1, -0.05) is 12.1 Å². The summed E-state index contributed by atoms with van der Waals surface area (Å²) < 4.78 is 12.2. The Labute approximate surface area is 166 Å². The summed E-state index contributed by atoms with van der Waals surface area (Å²) in [4.78, 5) is 31.1. The maximum Gasteiger partial charge on any atom is 0.306 e. The van der Waals surface area contributed by atoms with Gasteiger partial charge < -0.3 is 9.47 Å². The second-order valence-corrected chi connectivity index (χ2v) is 7.95. The van der Waals surface area contributed by atoms with Crippen LogP contribution in [0.2, 0.25) is 0 Å². The molecule has 0 atom stereocenters. The number of carbonyl (C=O) groups excluding carboxylic acids is 1. The lowest BCUT2D eigenvalue weighted by molar-refractivity contribution is -0.145. The van der Waals surface area contributed by atoms with Crippen molar-refractivity contribution in [2.45, 2.75) is 45.1 Å². The van der Waals surface area contributed by atoms with Crippen molar-refractivity contribution in [3.05, 3.63) is 62.5 Å². The van der Waals surface area contributed by atoms with E-state index >= 15 is 0 Å². The predicted octanol–water partition coefficient (Wildman–Crippen LogP) is 3.32. The summed E-state index contributed by atoms with van der Waals surface area (Å²) in [5.74, 6) is 0.484. The minimum absolute atomic E-state index is 0.0236. The number of carbonyl (C=O) groups is 1. The van der Waals surface area contributed by atoms with Gasteiger partial charge in [0.25, 0.3) is 5.56 Å². The van der Waals surface area contributed by atoms with Gasteiger partial charge in [-0.05, 0) is 49.8 Å². The predicted molar refractivity (Wildman–Crippen MR) is 107 cm³/mol. The monoisotopic (exact) mass is 398 g/mol. The van der Waals surface area contributed by atoms with Gasteiger partial charge in [0.2, 0.25) is 0 Å². The summed E-state index contributed by atoms with van der Waals surface area (Å²) >= 11 is 1.57. The van der Waals surface area contributed by atoms with Gasteiger partial charge >= 0.3 is 5.97 Å². The third kappa shape index (κ3) is 3.94. The molecule has 1 aliphatic rings. The normalized spacial score (nSPS) is 13.3. The highest BCUT2D eigenvalue weighted by Gasteiger charge is 2.18. The van der Waals surface area contributed by atoms with Crippen molar-refractivity contribution in [1.29, 1.82) is 0 Å². The lowest BCUT2D eigenvalue weighted by Gasteiger charge is -2.10. The molecule has 2 heterocycles. The Morgan fingerprint density at radius 2 is 2.00 bits per heavy atom. The standard InChI is InChI=1S/C21H22N2O4S/c1-26-16-9-6-14(7-10-16)8-11-20(25)27-13-15-12-19(24)23-17-4-2-3-5-18(17)28-21(23)22-15/h6-7,9-10,12H,2-5,8,11,13H2,1H3. The van der Waals surface area contributed by atoms with Crippen LogP contribution < -0.4 is 10.3 Å². The number of ether oxygens (including phenoxy) is 2. The number of thiazole rings is 1. The zero-order chi connectivity index (χ0) is 19.5. The zero-order valence-corrected chi connectivity index (χ0v) is 16.6. The fourth-order valence-corrected chi connectivity index (χ4v) is 4.71. The van der Waals surface area contributed by atoms with Crippen LogP contribution in [0, 0.1) is 0 Å². The maximum atomic E-state index is 12.5. The number of hydrogen-bond donors (Lipinski definition) is 0. The molecule has 1 aromatic carbocycles. The van der Waals surface area contributed by atoms with E-state index in [1.165, 1.54) is 10.9 Å². The van der Waals surface area contributed by atoms with Crippen LogP contribution in [0.5, 0.6) is 5.75 Å². The smallest absolute Gasteiger partial charge is 0.306 e. The molecule has 0 saturated carbocycles. The van der Waals surface area contributed by atoms with Gasteiger partial charge in [0, 0.05) is 23.1 Å². The van der Waals surface area contributed by atoms with E-state index in [1.54, 1.807) is 22.8 Å². The van der Waals surface area contributed by atoms with Crippen molar-refractivity contribution in [2.24, 2.45) is 0 Å². The number of hydrogen-bond acceptors (Lipinski definition) is 6. The number of rotatable bonds is 6. The molecule has 6 nitrogen and oxygen atoms in total. The van der Waals surface area contributed by atoms with Gasteiger partial charge in [-0.25, -0.2) is 4.98 Å². The minimum Gasteiger partial charge on any atom is -0.497 e. The topological polar surface area (TPSA) is 69.9 Å². The van der Waals surface area contributed by atoms with Crippen LogP contribution in [0.1, 0.15) is 41.1 Å². The summed E-state index contributed by atoms with van der Waals surface area (Å²) in [7, 11) is 1.62. The van der Waals surface area contributed by atoms with Crippen molar-refractivity contribution in [2.75, 3.05) is 7.11 Å². The van der Waals surface area contributed by atoms with Crippen molar-refractivity contribution in [3.63, 3.8) is 0 Å². The van der Waals surface area contributed by atoms with Gasteiger partial charge in [0.15, 0.2) is 4.96 Å². The van der Waals surface area contributed by atoms with E-state index in [0.29, 0.717) is 17.1 Å². The molecule has 0 saturated heterocycles. The number of aryl methyl sites for hydroxylation is 3. The Kier molecular flexibility index (Phi) is 5.43. The van der Waals surface area contributed by atoms with Gasteiger partial charge in [-0.3, -0.25) is 14.0 Å². The molecule has 0 unspecified atom stereocenters. The first kappa shape index (κ1) is 18.7. The Morgan fingerprint density at radius 3 is 2.79 bits per heavy atom. The Balaban J connectivity index is 1.38. The second kappa shape index (κ2) is 8.14. The highest BCUT2D eigenvalue weighted by atomic mass is 32.1. The molecular weight excluding hydrogens is 376 g/mol. The molecule has 0 radical (unpaired) electrons. The maximum absolute atomic E-state index is 12.5. The lowest BCUT2D eigenvalue weighted by atomic mass is 10.0. The molecule has 28 heavy (non-hydrogen) atoms. The van der Waals surface area contributed by atoms with Gasteiger partial charge in [0.1, 0.15) is 12.4 Å². The average molecular weight is 398 g/mol. The SMILES string of the molecule is COc1ccc(CCC(=O)OCc2cc(=O)n3c4c(sc3n2)CCCC4)cc1. The molecule has 2 aromatic heterocycles. The number of esters is 1. The number of aromatic nitrogens is 2. The molecular formula is C21H22N2O4S. The fraction of sp³-hybridized carbons (Fsp3) is 0.381. The molecule has 4 rings (SSSR count). The van der Waals surface area contributed by atoms with Crippen molar-refractivity contribution < 1.29 is 14.3 Å².